The zero-order valence-corrected chi connectivity index (χ0v) is 19.5. The Bertz CT molecular complexity index is 1410. The average molecular weight is 483 g/mol. The van der Waals surface area contributed by atoms with E-state index >= 15 is 8.78 Å². The predicted octanol–water partition coefficient (Wildman–Crippen LogP) is 5.41. The van der Waals surface area contributed by atoms with Gasteiger partial charge < -0.3 is 10.1 Å². The molecule has 2 aromatic carbocycles. The highest BCUT2D eigenvalue weighted by Crippen LogP contribution is 2.43. The molecule has 0 bridgehead atoms. The number of para-hydroxylation sites is 1. The predicted molar refractivity (Wildman–Crippen MR) is 126 cm³/mol. The van der Waals surface area contributed by atoms with Crippen LogP contribution >= 0.6 is 0 Å². The van der Waals surface area contributed by atoms with Gasteiger partial charge in [0.1, 0.15) is 17.3 Å². The standard InChI is InChI=1S/C26H25F3N4O2/c1-14-8-18-17-6-4-5-7-21(17)31-23(18)24(32(14)13-26(2,3)29)22-19(27)9-16(10-20(22)28)33-12-15(11-30-33)25(34)35/h4-7,9-12,14,24,31H,8,13H2,1-3H3,(H,34,35)/t14-,24-/m1/s1. The first kappa shape index (κ1) is 23.2. The van der Waals surface area contributed by atoms with Crippen LogP contribution in [0.15, 0.2) is 48.8 Å². The lowest BCUT2D eigenvalue weighted by Crippen LogP contribution is -2.48. The van der Waals surface area contributed by atoms with Gasteiger partial charge in [-0.3, -0.25) is 4.90 Å². The van der Waals surface area contributed by atoms with Gasteiger partial charge in [0.25, 0.3) is 0 Å². The normalized spacial score (nSPS) is 18.7. The maximum absolute atomic E-state index is 15.7. The van der Waals surface area contributed by atoms with Crippen molar-refractivity contribution in [2.75, 3.05) is 6.54 Å². The number of benzene rings is 2. The summed E-state index contributed by atoms with van der Waals surface area (Å²) in [5.41, 5.74) is 0.627. The molecule has 0 aliphatic carbocycles. The minimum absolute atomic E-state index is 0.0185. The van der Waals surface area contributed by atoms with Crippen molar-refractivity contribution in [3.63, 3.8) is 0 Å². The number of H-pyrrole nitrogens is 1. The number of rotatable bonds is 5. The van der Waals surface area contributed by atoms with Gasteiger partial charge in [0, 0.05) is 53.1 Å². The summed E-state index contributed by atoms with van der Waals surface area (Å²) < 4.78 is 47.4. The van der Waals surface area contributed by atoms with Gasteiger partial charge in [0.2, 0.25) is 0 Å². The lowest BCUT2D eigenvalue weighted by Gasteiger charge is -2.43. The van der Waals surface area contributed by atoms with Crippen molar-refractivity contribution in [3.05, 3.63) is 82.8 Å². The van der Waals surface area contributed by atoms with Gasteiger partial charge in [-0.15, -0.1) is 0 Å². The van der Waals surface area contributed by atoms with Crippen LogP contribution in [0.4, 0.5) is 13.2 Å². The molecule has 0 spiro atoms. The van der Waals surface area contributed by atoms with Crippen LogP contribution in [-0.2, 0) is 6.42 Å². The quantitative estimate of drug-likeness (QED) is 0.399. The number of alkyl halides is 1. The van der Waals surface area contributed by atoms with Gasteiger partial charge in [0.05, 0.1) is 23.5 Å². The largest absolute Gasteiger partial charge is 0.478 e. The molecule has 0 amide bonds. The van der Waals surface area contributed by atoms with E-state index in [1.165, 1.54) is 20.0 Å². The van der Waals surface area contributed by atoms with Gasteiger partial charge in [-0.1, -0.05) is 18.2 Å². The summed E-state index contributed by atoms with van der Waals surface area (Å²) in [6.45, 7) is 4.82. The summed E-state index contributed by atoms with van der Waals surface area (Å²) in [5, 5.41) is 14.0. The fourth-order valence-corrected chi connectivity index (χ4v) is 5.04. The Morgan fingerprint density at radius 3 is 2.54 bits per heavy atom. The Kier molecular flexibility index (Phi) is 5.47. The van der Waals surface area contributed by atoms with Crippen molar-refractivity contribution in [1.82, 2.24) is 19.7 Å². The molecule has 9 heteroatoms. The van der Waals surface area contributed by atoms with Crippen molar-refractivity contribution >= 4 is 16.9 Å². The van der Waals surface area contributed by atoms with Crippen LogP contribution in [0.5, 0.6) is 0 Å². The molecule has 4 aromatic rings. The molecule has 0 saturated heterocycles. The third kappa shape index (κ3) is 4.10. The molecule has 1 aliphatic rings. The molecule has 35 heavy (non-hydrogen) atoms. The van der Waals surface area contributed by atoms with Gasteiger partial charge in [-0.2, -0.15) is 5.10 Å². The van der Waals surface area contributed by atoms with E-state index < -0.39 is 29.3 Å². The molecule has 2 aromatic heterocycles. The summed E-state index contributed by atoms with van der Waals surface area (Å²) in [4.78, 5) is 16.3. The number of nitrogens with zero attached hydrogens (tertiary/aromatic N) is 3. The lowest BCUT2D eigenvalue weighted by molar-refractivity contribution is 0.0642. The maximum atomic E-state index is 15.7. The van der Waals surface area contributed by atoms with E-state index in [1.807, 2.05) is 31.2 Å². The maximum Gasteiger partial charge on any atom is 0.338 e. The molecule has 2 N–H and O–H groups in total. The highest BCUT2D eigenvalue weighted by molar-refractivity contribution is 5.87. The van der Waals surface area contributed by atoms with Gasteiger partial charge in [0.15, 0.2) is 0 Å². The number of hydrogen-bond acceptors (Lipinski definition) is 3. The third-order valence-corrected chi connectivity index (χ3v) is 6.51. The van der Waals surface area contributed by atoms with Crippen LogP contribution in [0.25, 0.3) is 16.6 Å². The van der Waals surface area contributed by atoms with Crippen LogP contribution < -0.4 is 0 Å². The number of hydrogen-bond donors (Lipinski definition) is 2. The number of aromatic nitrogens is 3. The number of carbonyl (C=O) groups is 1. The number of aromatic carboxylic acids is 1. The van der Waals surface area contributed by atoms with E-state index in [9.17, 15) is 9.18 Å². The minimum Gasteiger partial charge on any atom is -0.478 e. The number of halogens is 3. The smallest absolute Gasteiger partial charge is 0.338 e. The van der Waals surface area contributed by atoms with Crippen LogP contribution in [-0.4, -0.2) is 49.0 Å². The lowest BCUT2D eigenvalue weighted by atomic mass is 9.87. The molecule has 2 atom stereocenters. The Hall–Kier alpha value is -3.59. The zero-order valence-electron chi connectivity index (χ0n) is 19.5. The molecular weight excluding hydrogens is 457 g/mol. The summed E-state index contributed by atoms with van der Waals surface area (Å²) in [6.07, 6.45) is 2.90. The highest BCUT2D eigenvalue weighted by Gasteiger charge is 2.41. The molecule has 5 rings (SSSR count). The second-order valence-corrected chi connectivity index (χ2v) is 9.71. The van der Waals surface area contributed by atoms with Crippen LogP contribution in [0.1, 0.15) is 54.0 Å². The third-order valence-electron chi connectivity index (χ3n) is 6.51. The number of nitrogens with one attached hydrogen (secondary N) is 1. The molecule has 0 fully saturated rings. The second kappa shape index (κ2) is 8.27. The van der Waals surface area contributed by atoms with E-state index in [4.69, 9.17) is 5.11 Å². The van der Waals surface area contributed by atoms with Crippen LogP contribution in [0.2, 0.25) is 0 Å². The van der Waals surface area contributed by atoms with Crippen molar-refractivity contribution in [2.24, 2.45) is 0 Å². The van der Waals surface area contributed by atoms with E-state index in [2.05, 4.69) is 10.1 Å². The van der Waals surface area contributed by atoms with Crippen molar-refractivity contribution in [1.29, 1.82) is 0 Å². The van der Waals surface area contributed by atoms with E-state index in [1.54, 1.807) is 4.90 Å². The number of carboxylic acid groups (broad SMARTS) is 1. The van der Waals surface area contributed by atoms with Crippen LogP contribution in [0.3, 0.4) is 0 Å². The molecule has 1 aliphatic heterocycles. The van der Waals surface area contributed by atoms with E-state index in [0.717, 1.165) is 39.5 Å². The zero-order chi connectivity index (χ0) is 25.1. The fourth-order valence-electron chi connectivity index (χ4n) is 5.04. The number of fused-ring (bicyclic) bond motifs is 3. The summed E-state index contributed by atoms with van der Waals surface area (Å²) in [5.74, 6) is -2.84. The molecule has 0 unspecified atom stereocenters. The van der Waals surface area contributed by atoms with E-state index in [-0.39, 0.29) is 29.4 Å². The monoisotopic (exact) mass is 482 g/mol. The Labute approximate surface area is 200 Å². The first-order valence-electron chi connectivity index (χ1n) is 11.3. The number of carboxylic acids is 1. The Balaban J connectivity index is 1.68. The minimum atomic E-state index is -1.59. The van der Waals surface area contributed by atoms with Crippen molar-refractivity contribution < 1.29 is 23.1 Å². The summed E-state index contributed by atoms with van der Waals surface area (Å²) in [7, 11) is 0. The molecular formula is C26H25F3N4O2. The van der Waals surface area contributed by atoms with Crippen molar-refractivity contribution in [3.8, 4) is 5.69 Å². The Morgan fingerprint density at radius 2 is 1.91 bits per heavy atom. The summed E-state index contributed by atoms with van der Waals surface area (Å²) in [6, 6.07) is 8.87. The first-order chi connectivity index (χ1) is 16.5. The van der Waals surface area contributed by atoms with Gasteiger partial charge in [-0.25, -0.2) is 22.6 Å². The topological polar surface area (TPSA) is 74.1 Å². The number of aromatic amines is 1. The molecule has 3 heterocycles. The van der Waals surface area contributed by atoms with Crippen LogP contribution in [0, 0.1) is 11.6 Å². The molecule has 0 radical (unpaired) electrons. The highest BCUT2D eigenvalue weighted by atomic mass is 19.1. The van der Waals surface area contributed by atoms with Gasteiger partial charge in [-0.05, 0) is 38.8 Å². The van der Waals surface area contributed by atoms with E-state index in [0.29, 0.717) is 12.1 Å². The Morgan fingerprint density at radius 1 is 1.23 bits per heavy atom. The fraction of sp³-hybridized carbons (Fsp3) is 0.308. The molecule has 6 nitrogen and oxygen atoms in total. The van der Waals surface area contributed by atoms with Crippen molar-refractivity contribution in [2.45, 2.75) is 44.9 Å². The first-order valence-corrected chi connectivity index (χ1v) is 11.3. The van der Waals surface area contributed by atoms with Gasteiger partial charge >= 0.3 is 5.97 Å². The molecule has 182 valence electrons. The second-order valence-electron chi connectivity index (χ2n) is 9.71. The summed E-state index contributed by atoms with van der Waals surface area (Å²) >= 11 is 0. The molecule has 0 saturated carbocycles. The SMILES string of the molecule is C[C@@H]1Cc2c([nH]c3ccccc23)[C@@H](c2c(F)cc(-n3cc(C(=O)O)cn3)cc2F)N1CC(C)(C)F. The average Bonchev–Trinajstić information content (AvgIpc) is 3.40.